The topological polar surface area (TPSA) is 41.6 Å². The van der Waals surface area contributed by atoms with Gasteiger partial charge < -0.3 is 15.0 Å². The summed E-state index contributed by atoms with van der Waals surface area (Å²) in [6, 6.07) is 15.8. The molecule has 1 aliphatic rings. The summed E-state index contributed by atoms with van der Waals surface area (Å²) in [6.45, 7) is 2.18. The van der Waals surface area contributed by atoms with Gasteiger partial charge in [-0.3, -0.25) is 4.79 Å². The molecule has 4 rings (SSSR count). The fraction of sp³-hybridized carbons (Fsp3) is 0.292. The molecule has 156 valence electrons. The average molecular weight is 427 g/mol. The average Bonchev–Trinajstić information content (AvgIpc) is 2.78. The van der Waals surface area contributed by atoms with Crippen molar-refractivity contribution >= 4 is 39.7 Å². The molecule has 30 heavy (non-hydrogen) atoms. The van der Waals surface area contributed by atoms with Crippen LogP contribution in [0, 0.1) is 5.82 Å². The molecular formula is C24H24ClFN2O2. The number of benzene rings is 3. The summed E-state index contributed by atoms with van der Waals surface area (Å²) < 4.78 is 20.0. The predicted octanol–water partition coefficient (Wildman–Crippen LogP) is 5.84. The first-order valence-corrected chi connectivity index (χ1v) is 10.8. The van der Waals surface area contributed by atoms with Gasteiger partial charge >= 0.3 is 0 Å². The number of fused-ring (bicyclic) bond motifs is 1. The maximum Gasteiger partial charge on any atom is 0.255 e. The van der Waals surface area contributed by atoms with Crippen LogP contribution in [0.15, 0.2) is 54.6 Å². The molecule has 0 spiro atoms. The van der Waals surface area contributed by atoms with Crippen molar-refractivity contribution in [3.63, 3.8) is 0 Å². The van der Waals surface area contributed by atoms with Crippen LogP contribution in [-0.4, -0.2) is 31.5 Å². The smallest absolute Gasteiger partial charge is 0.255 e. The molecule has 1 heterocycles. The third kappa shape index (κ3) is 4.51. The number of hydrogen-bond acceptors (Lipinski definition) is 3. The second-order valence-electron chi connectivity index (χ2n) is 7.39. The van der Waals surface area contributed by atoms with Crippen LogP contribution in [0.4, 0.5) is 15.8 Å². The van der Waals surface area contributed by atoms with Crippen LogP contribution >= 0.6 is 11.6 Å². The van der Waals surface area contributed by atoms with Gasteiger partial charge in [-0.15, -0.1) is 11.6 Å². The highest BCUT2D eigenvalue weighted by molar-refractivity contribution is 6.18. The molecule has 1 saturated heterocycles. The maximum absolute atomic E-state index is 14.3. The lowest BCUT2D eigenvalue weighted by molar-refractivity contribution is 0.102. The maximum atomic E-state index is 14.3. The van der Waals surface area contributed by atoms with Gasteiger partial charge in [0.25, 0.3) is 5.91 Å². The van der Waals surface area contributed by atoms with Gasteiger partial charge in [0.05, 0.1) is 5.88 Å². The monoisotopic (exact) mass is 426 g/mol. The van der Waals surface area contributed by atoms with E-state index in [2.05, 4.69) is 10.2 Å². The fourth-order valence-corrected chi connectivity index (χ4v) is 3.97. The van der Waals surface area contributed by atoms with E-state index in [4.69, 9.17) is 16.3 Å². The minimum Gasteiger partial charge on any atom is -0.492 e. The van der Waals surface area contributed by atoms with Gasteiger partial charge in [0.1, 0.15) is 18.2 Å². The number of nitrogens with one attached hydrogen (secondary N) is 1. The zero-order valence-electron chi connectivity index (χ0n) is 16.7. The number of hydrogen-bond donors (Lipinski definition) is 1. The summed E-state index contributed by atoms with van der Waals surface area (Å²) in [7, 11) is 0. The van der Waals surface area contributed by atoms with E-state index in [0.717, 1.165) is 42.4 Å². The van der Waals surface area contributed by atoms with Crippen LogP contribution in [0.1, 0.15) is 29.6 Å². The van der Waals surface area contributed by atoms with Gasteiger partial charge in [-0.2, -0.15) is 0 Å². The van der Waals surface area contributed by atoms with Crippen LogP contribution in [-0.2, 0) is 0 Å². The molecule has 3 aromatic carbocycles. The Balaban J connectivity index is 1.61. The van der Waals surface area contributed by atoms with Crippen molar-refractivity contribution in [2.45, 2.75) is 19.3 Å². The van der Waals surface area contributed by atoms with E-state index in [1.54, 1.807) is 12.1 Å². The Morgan fingerprint density at radius 3 is 2.57 bits per heavy atom. The Labute approximate surface area is 180 Å². The molecule has 0 saturated carbocycles. The Bertz CT molecular complexity index is 1050. The number of rotatable bonds is 6. The number of carbonyl (C=O) groups is 1. The van der Waals surface area contributed by atoms with Crippen LogP contribution < -0.4 is 15.0 Å². The second kappa shape index (κ2) is 9.35. The van der Waals surface area contributed by atoms with E-state index < -0.39 is 5.82 Å². The molecule has 1 aliphatic heterocycles. The van der Waals surface area contributed by atoms with Crippen molar-refractivity contribution in [2.75, 3.05) is 35.8 Å². The fourth-order valence-electron chi connectivity index (χ4n) is 3.89. The zero-order chi connectivity index (χ0) is 20.9. The first-order chi connectivity index (χ1) is 14.7. The zero-order valence-corrected chi connectivity index (χ0v) is 17.4. The van der Waals surface area contributed by atoms with Crippen molar-refractivity contribution in [2.24, 2.45) is 0 Å². The molecule has 0 atom stereocenters. The summed E-state index contributed by atoms with van der Waals surface area (Å²) in [5, 5.41) is 4.67. The number of carbonyl (C=O) groups excluding carboxylic acids is 1. The van der Waals surface area contributed by atoms with Crippen LogP contribution in [0.2, 0.25) is 0 Å². The van der Waals surface area contributed by atoms with Crippen LogP contribution in [0.25, 0.3) is 10.8 Å². The Hall–Kier alpha value is -2.79. The number of anilines is 2. The minimum atomic E-state index is -0.405. The SMILES string of the molecule is O=C(Nc1ccc(OCCCl)c2ccccc12)c1cc(F)cc(N2CCCCC2)c1. The predicted molar refractivity (Wildman–Crippen MR) is 121 cm³/mol. The highest BCUT2D eigenvalue weighted by atomic mass is 35.5. The highest BCUT2D eigenvalue weighted by Gasteiger charge is 2.16. The molecule has 0 bridgehead atoms. The summed E-state index contributed by atoms with van der Waals surface area (Å²) in [6.07, 6.45) is 3.36. The van der Waals surface area contributed by atoms with Gasteiger partial charge in [-0.05, 0) is 49.6 Å². The van der Waals surface area contributed by atoms with E-state index >= 15 is 0 Å². The lowest BCUT2D eigenvalue weighted by atomic mass is 10.1. The van der Waals surface area contributed by atoms with E-state index in [9.17, 15) is 9.18 Å². The molecular weight excluding hydrogens is 403 g/mol. The number of ether oxygens (including phenoxy) is 1. The molecule has 0 unspecified atom stereocenters. The van der Waals surface area contributed by atoms with Crippen molar-refractivity contribution in [1.29, 1.82) is 0 Å². The number of alkyl halides is 1. The third-order valence-corrected chi connectivity index (χ3v) is 5.49. The van der Waals surface area contributed by atoms with Gasteiger partial charge in [-0.1, -0.05) is 24.3 Å². The Morgan fingerprint density at radius 2 is 1.80 bits per heavy atom. The first-order valence-electron chi connectivity index (χ1n) is 10.2. The molecule has 1 N–H and O–H groups in total. The molecule has 0 radical (unpaired) electrons. The molecule has 4 nitrogen and oxygen atoms in total. The number of halogens is 2. The number of piperidine rings is 1. The Kier molecular flexibility index (Phi) is 6.38. The summed E-state index contributed by atoms with van der Waals surface area (Å²) >= 11 is 5.74. The van der Waals surface area contributed by atoms with Gasteiger partial charge in [0.2, 0.25) is 0 Å². The lowest BCUT2D eigenvalue weighted by Crippen LogP contribution is -2.29. The first kappa shape index (κ1) is 20.5. The van der Waals surface area contributed by atoms with Gasteiger partial charge in [0.15, 0.2) is 0 Å². The Morgan fingerprint density at radius 1 is 1.03 bits per heavy atom. The highest BCUT2D eigenvalue weighted by Crippen LogP contribution is 2.32. The molecule has 0 aliphatic carbocycles. The third-order valence-electron chi connectivity index (χ3n) is 5.33. The number of nitrogens with zero attached hydrogens (tertiary/aromatic N) is 1. The van der Waals surface area contributed by atoms with Crippen LogP contribution in [0.3, 0.4) is 0 Å². The van der Waals surface area contributed by atoms with Crippen molar-refractivity contribution in [3.05, 3.63) is 66.0 Å². The van der Waals surface area contributed by atoms with Crippen molar-refractivity contribution < 1.29 is 13.9 Å². The van der Waals surface area contributed by atoms with E-state index in [1.807, 2.05) is 30.3 Å². The van der Waals surface area contributed by atoms with E-state index in [0.29, 0.717) is 29.5 Å². The molecule has 3 aromatic rings. The van der Waals surface area contributed by atoms with Crippen molar-refractivity contribution in [1.82, 2.24) is 0 Å². The molecule has 1 amide bonds. The summed E-state index contributed by atoms with van der Waals surface area (Å²) in [5.41, 5.74) is 1.72. The molecule has 1 fully saturated rings. The van der Waals surface area contributed by atoms with Gasteiger partial charge in [-0.25, -0.2) is 4.39 Å². The lowest BCUT2D eigenvalue weighted by Gasteiger charge is -2.29. The van der Waals surface area contributed by atoms with Gasteiger partial charge in [0, 0.05) is 40.8 Å². The number of amides is 1. The second-order valence-corrected chi connectivity index (χ2v) is 7.77. The standard InChI is InChI=1S/C24H24ClFN2O2/c25-10-13-30-23-9-8-22(20-6-2-3-7-21(20)23)27-24(29)17-14-18(26)16-19(15-17)28-11-4-1-5-12-28/h2-3,6-9,14-16H,1,4-5,10-13H2,(H,27,29). The largest absolute Gasteiger partial charge is 0.492 e. The molecule has 6 heteroatoms. The summed E-state index contributed by atoms with van der Waals surface area (Å²) in [5.74, 6) is 0.360. The normalized spacial score (nSPS) is 14.0. The minimum absolute atomic E-state index is 0.308. The van der Waals surface area contributed by atoms with Crippen molar-refractivity contribution in [3.8, 4) is 5.75 Å². The van der Waals surface area contributed by atoms with E-state index in [-0.39, 0.29) is 5.91 Å². The van der Waals surface area contributed by atoms with Crippen LogP contribution in [0.5, 0.6) is 5.75 Å². The quantitative estimate of drug-likeness (QED) is 0.503. The molecule has 0 aromatic heterocycles. The summed E-state index contributed by atoms with van der Waals surface area (Å²) in [4.78, 5) is 15.1. The van der Waals surface area contributed by atoms with E-state index in [1.165, 1.54) is 18.6 Å².